The molecule has 28 heavy (non-hydrogen) atoms. The number of rotatable bonds is 6. The van der Waals surface area contributed by atoms with Crippen LogP contribution in [-0.2, 0) is 17.8 Å². The maximum Gasteiger partial charge on any atom is 0.291 e. The fraction of sp³-hybridized carbons (Fsp3) is 0.250. The molecule has 1 aromatic carbocycles. The van der Waals surface area contributed by atoms with Crippen molar-refractivity contribution in [3.05, 3.63) is 63.5 Å². The molecule has 0 unspecified atom stereocenters. The smallest absolute Gasteiger partial charge is 0.291 e. The van der Waals surface area contributed by atoms with Crippen LogP contribution in [0.2, 0.25) is 0 Å². The van der Waals surface area contributed by atoms with Crippen LogP contribution in [0.4, 0.5) is 0 Å². The Kier molecular flexibility index (Phi) is 4.87. The molecule has 144 valence electrons. The van der Waals surface area contributed by atoms with Gasteiger partial charge in [-0.2, -0.15) is 5.10 Å². The van der Waals surface area contributed by atoms with Gasteiger partial charge in [-0.3, -0.25) is 14.0 Å². The summed E-state index contributed by atoms with van der Waals surface area (Å²) >= 11 is 1.58. The maximum atomic E-state index is 12.7. The predicted molar refractivity (Wildman–Crippen MR) is 109 cm³/mol. The Hall–Kier alpha value is -3.13. The second-order valence-electron chi connectivity index (χ2n) is 6.49. The number of fused-ring (bicyclic) bond motifs is 3. The Labute approximate surface area is 165 Å². The van der Waals surface area contributed by atoms with E-state index in [0.717, 1.165) is 21.5 Å². The van der Waals surface area contributed by atoms with Gasteiger partial charge in [0.2, 0.25) is 5.91 Å². The summed E-state index contributed by atoms with van der Waals surface area (Å²) in [4.78, 5) is 25.0. The molecule has 0 saturated heterocycles. The molecule has 0 aliphatic rings. The summed E-state index contributed by atoms with van der Waals surface area (Å²) in [7, 11) is 1.63. The molecule has 0 radical (unpaired) electrons. The molecule has 1 N–H and O–H groups in total. The number of methoxy groups -OCH3 is 1. The molecule has 3 aromatic heterocycles. The van der Waals surface area contributed by atoms with Crippen LogP contribution in [0.1, 0.15) is 11.4 Å². The van der Waals surface area contributed by atoms with Crippen molar-refractivity contribution in [3.8, 4) is 5.75 Å². The normalized spacial score (nSPS) is 11.2. The molecule has 0 bridgehead atoms. The second-order valence-corrected chi connectivity index (χ2v) is 7.44. The van der Waals surface area contributed by atoms with Crippen molar-refractivity contribution in [1.29, 1.82) is 0 Å². The fourth-order valence-electron chi connectivity index (χ4n) is 3.27. The number of nitrogens with one attached hydrogen (secondary N) is 1. The van der Waals surface area contributed by atoms with Gasteiger partial charge in [0.05, 0.1) is 17.3 Å². The highest BCUT2D eigenvalue weighted by atomic mass is 32.1. The first kappa shape index (κ1) is 18.2. The van der Waals surface area contributed by atoms with Gasteiger partial charge in [-0.05, 0) is 48.6 Å². The third-order valence-electron chi connectivity index (χ3n) is 4.65. The summed E-state index contributed by atoms with van der Waals surface area (Å²) < 4.78 is 9.24. The lowest BCUT2D eigenvalue weighted by Gasteiger charge is -2.09. The van der Waals surface area contributed by atoms with E-state index in [0.29, 0.717) is 24.3 Å². The molecule has 0 aliphatic heterocycles. The van der Waals surface area contributed by atoms with Crippen LogP contribution < -0.4 is 15.6 Å². The number of carbonyl (C=O) groups is 1. The zero-order valence-electron chi connectivity index (χ0n) is 15.6. The number of hydrogen-bond acceptors (Lipinski definition) is 5. The van der Waals surface area contributed by atoms with Crippen molar-refractivity contribution in [2.24, 2.45) is 0 Å². The van der Waals surface area contributed by atoms with E-state index in [9.17, 15) is 9.59 Å². The summed E-state index contributed by atoms with van der Waals surface area (Å²) in [5.74, 6) is 1.24. The average molecular weight is 396 g/mol. The van der Waals surface area contributed by atoms with Crippen LogP contribution in [0.15, 0.2) is 46.6 Å². The van der Waals surface area contributed by atoms with Crippen LogP contribution in [0.3, 0.4) is 0 Å². The molecule has 8 heteroatoms. The Bertz CT molecular complexity index is 1200. The molecular weight excluding hydrogens is 376 g/mol. The van der Waals surface area contributed by atoms with Crippen molar-refractivity contribution < 1.29 is 9.53 Å². The van der Waals surface area contributed by atoms with E-state index in [2.05, 4.69) is 10.4 Å². The molecule has 0 atom stereocenters. The quantitative estimate of drug-likeness (QED) is 0.543. The van der Waals surface area contributed by atoms with Gasteiger partial charge in [0.25, 0.3) is 5.56 Å². The van der Waals surface area contributed by atoms with Gasteiger partial charge < -0.3 is 10.1 Å². The van der Waals surface area contributed by atoms with Gasteiger partial charge in [-0.25, -0.2) is 4.68 Å². The summed E-state index contributed by atoms with van der Waals surface area (Å²) in [6, 6.07) is 11.5. The Morgan fingerprint density at radius 1 is 1.21 bits per heavy atom. The number of aryl methyl sites for hydroxylation is 1. The highest BCUT2D eigenvalue weighted by molar-refractivity contribution is 7.17. The van der Waals surface area contributed by atoms with Gasteiger partial charge in [0, 0.05) is 6.54 Å². The monoisotopic (exact) mass is 396 g/mol. The van der Waals surface area contributed by atoms with E-state index in [1.165, 1.54) is 4.68 Å². The lowest BCUT2D eigenvalue weighted by Crippen LogP contribution is -2.35. The minimum Gasteiger partial charge on any atom is -0.497 e. The van der Waals surface area contributed by atoms with E-state index < -0.39 is 0 Å². The molecule has 0 fully saturated rings. The molecule has 0 saturated carbocycles. The molecule has 4 aromatic rings. The Balaban J connectivity index is 1.44. The van der Waals surface area contributed by atoms with Crippen LogP contribution in [0.5, 0.6) is 5.75 Å². The predicted octanol–water partition coefficient (Wildman–Crippen LogP) is 2.39. The van der Waals surface area contributed by atoms with Gasteiger partial charge in [-0.1, -0.05) is 12.1 Å². The van der Waals surface area contributed by atoms with Crippen LogP contribution in [-0.4, -0.2) is 33.7 Å². The standard InChI is InChI=1S/C20H20N4O3S/c1-13-22-23(20(26)17-11-18-16(24(13)17)8-10-28-18)12-19(25)21-9-7-14-3-5-15(27-2)6-4-14/h3-6,8,10-11H,7,9,12H2,1-2H3,(H,21,25). The first-order valence-corrected chi connectivity index (χ1v) is 9.81. The Morgan fingerprint density at radius 3 is 2.75 bits per heavy atom. The van der Waals surface area contributed by atoms with Crippen molar-refractivity contribution >= 4 is 33.0 Å². The zero-order valence-corrected chi connectivity index (χ0v) is 16.5. The topological polar surface area (TPSA) is 77.6 Å². The largest absolute Gasteiger partial charge is 0.497 e. The summed E-state index contributed by atoms with van der Waals surface area (Å²) in [5.41, 5.74) is 2.35. The van der Waals surface area contributed by atoms with E-state index in [1.807, 2.05) is 53.1 Å². The van der Waals surface area contributed by atoms with Gasteiger partial charge in [-0.15, -0.1) is 11.3 Å². The number of hydrogen-bond donors (Lipinski definition) is 1. The minimum atomic E-state index is -0.265. The lowest BCUT2D eigenvalue weighted by molar-refractivity contribution is -0.121. The minimum absolute atomic E-state index is 0.0996. The van der Waals surface area contributed by atoms with E-state index >= 15 is 0 Å². The SMILES string of the molecule is COc1ccc(CCNC(=O)Cn2nc(C)n3c(cc4sccc43)c2=O)cc1. The molecular formula is C20H20N4O3S. The van der Waals surface area contributed by atoms with E-state index in [1.54, 1.807) is 18.4 Å². The third-order valence-corrected chi connectivity index (χ3v) is 5.51. The molecule has 4 rings (SSSR count). The maximum absolute atomic E-state index is 12.7. The third kappa shape index (κ3) is 3.38. The Morgan fingerprint density at radius 2 is 2.00 bits per heavy atom. The molecule has 3 heterocycles. The van der Waals surface area contributed by atoms with Gasteiger partial charge in [0.1, 0.15) is 23.6 Å². The van der Waals surface area contributed by atoms with Crippen LogP contribution in [0.25, 0.3) is 15.7 Å². The van der Waals surface area contributed by atoms with Crippen LogP contribution in [0, 0.1) is 6.92 Å². The molecule has 0 aliphatic carbocycles. The number of amides is 1. The number of carbonyl (C=O) groups excluding carboxylic acids is 1. The highest BCUT2D eigenvalue weighted by Gasteiger charge is 2.14. The number of thiophene rings is 1. The van der Waals surface area contributed by atoms with Crippen LogP contribution >= 0.6 is 11.3 Å². The number of aromatic nitrogens is 3. The van der Waals surface area contributed by atoms with E-state index in [-0.39, 0.29) is 18.0 Å². The summed E-state index contributed by atoms with van der Waals surface area (Å²) in [5, 5.41) is 9.16. The first-order valence-electron chi connectivity index (χ1n) is 8.93. The van der Waals surface area contributed by atoms with Crippen molar-refractivity contribution in [3.63, 3.8) is 0 Å². The zero-order chi connectivity index (χ0) is 19.7. The average Bonchev–Trinajstić information content (AvgIpc) is 3.28. The molecule has 0 spiro atoms. The van der Waals surface area contributed by atoms with E-state index in [4.69, 9.17) is 4.74 Å². The number of ether oxygens (including phenoxy) is 1. The summed E-state index contributed by atoms with van der Waals surface area (Å²) in [6.45, 7) is 2.22. The molecule has 1 amide bonds. The molecule has 7 nitrogen and oxygen atoms in total. The van der Waals surface area contributed by atoms with Gasteiger partial charge in [0.15, 0.2) is 0 Å². The fourth-order valence-corrected chi connectivity index (χ4v) is 4.07. The lowest BCUT2D eigenvalue weighted by atomic mass is 10.1. The highest BCUT2D eigenvalue weighted by Crippen LogP contribution is 2.24. The number of benzene rings is 1. The van der Waals surface area contributed by atoms with Crippen molar-refractivity contribution in [1.82, 2.24) is 19.5 Å². The number of nitrogens with zero attached hydrogens (tertiary/aromatic N) is 3. The van der Waals surface area contributed by atoms with Crippen molar-refractivity contribution in [2.45, 2.75) is 19.9 Å². The van der Waals surface area contributed by atoms with Crippen molar-refractivity contribution in [2.75, 3.05) is 13.7 Å². The second kappa shape index (κ2) is 7.47. The van der Waals surface area contributed by atoms with Gasteiger partial charge >= 0.3 is 0 Å². The first-order chi connectivity index (χ1) is 13.6. The summed E-state index contributed by atoms with van der Waals surface area (Å²) in [6.07, 6.45) is 0.700.